The molecule has 8 heteroatoms. The average Bonchev–Trinajstić information content (AvgIpc) is 2.99. The molecule has 3 N–H and O–H groups in total. The van der Waals surface area contributed by atoms with Crippen molar-refractivity contribution in [1.29, 1.82) is 0 Å². The van der Waals surface area contributed by atoms with Crippen molar-refractivity contribution in [1.82, 2.24) is 20.6 Å². The largest absolute Gasteiger partial charge is 0.392 e. The third-order valence-corrected chi connectivity index (χ3v) is 7.64. The number of rotatable bonds is 13. The Morgan fingerprint density at radius 1 is 0.867 bits per heavy atom. The summed E-state index contributed by atoms with van der Waals surface area (Å²) in [4.78, 5) is 49.0. The van der Waals surface area contributed by atoms with Gasteiger partial charge in [0.05, 0.1) is 17.7 Å². The number of nitrogens with one attached hydrogen (secondary N) is 2. The van der Waals surface area contributed by atoms with Gasteiger partial charge in [-0.15, -0.1) is 0 Å². The van der Waals surface area contributed by atoms with Crippen molar-refractivity contribution >= 4 is 28.5 Å². The molecule has 0 saturated heterocycles. The second kappa shape index (κ2) is 15.0. The lowest BCUT2D eigenvalue weighted by molar-refractivity contribution is -0.123. The zero-order chi connectivity index (χ0) is 32.6. The summed E-state index contributed by atoms with van der Waals surface area (Å²) in [5, 5.41) is 18.5. The molecule has 2 aromatic carbocycles. The molecule has 0 aliphatic heterocycles. The number of fused-ring (bicyclic) bond motifs is 1. The quantitative estimate of drug-likeness (QED) is 0.178. The van der Waals surface area contributed by atoms with Crippen LogP contribution in [0.4, 0.5) is 0 Å². The normalized spacial score (nSPS) is 13.7. The van der Waals surface area contributed by atoms with Crippen LogP contribution in [0, 0.1) is 11.8 Å². The molecule has 2 heterocycles. The maximum atomic E-state index is 13.9. The van der Waals surface area contributed by atoms with Gasteiger partial charge in [0.1, 0.15) is 5.69 Å². The number of ketones is 1. The van der Waals surface area contributed by atoms with Crippen molar-refractivity contribution in [2.45, 2.75) is 78.0 Å². The highest BCUT2D eigenvalue weighted by atomic mass is 16.3. The molecule has 0 unspecified atom stereocenters. The van der Waals surface area contributed by atoms with Crippen molar-refractivity contribution in [2.75, 3.05) is 0 Å². The Labute approximate surface area is 265 Å². The van der Waals surface area contributed by atoms with Gasteiger partial charge in [-0.2, -0.15) is 0 Å². The summed E-state index contributed by atoms with van der Waals surface area (Å²) >= 11 is 0. The van der Waals surface area contributed by atoms with Crippen LogP contribution in [0.3, 0.4) is 0 Å². The lowest BCUT2D eigenvalue weighted by Gasteiger charge is -2.27. The number of nitrogens with zero attached hydrogens (tertiary/aromatic N) is 2. The molecule has 8 nitrogen and oxygen atoms in total. The zero-order valence-corrected chi connectivity index (χ0v) is 26.8. The molecule has 0 saturated carbocycles. The number of aliphatic hydroxyl groups is 1. The van der Waals surface area contributed by atoms with Gasteiger partial charge in [0, 0.05) is 35.3 Å². The molecular weight excluding hydrogens is 564 g/mol. The van der Waals surface area contributed by atoms with E-state index in [1.54, 1.807) is 30.6 Å². The number of hydrogen-bond acceptors (Lipinski definition) is 6. The van der Waals surface area contributed by atoms with Crippen LogP contribution in [0.1, 0.15) is 79.4 Å². The molecule has 236 valence electrons. The maximum Gasteiger partial charge on any atom is 0.270 e. The van der Waals surface area contributed by atoms with Gasteiger partial charge in [-0.1, -0.05) is 62.4 Å². The number of carbonyl (C=O) groups is 3. The van der Waals surface area contributed by atoms with Crippen LogP contribution in [0.2, 0.25) is 0 Å². The number of pyridine rings is 2. The zero-order valence-electron chi connectivity index (χ0n) is 26.8. The Kier molecular flexibility index (Phi) is 11.2. The molecule has 0 bridgehead atoms. The predicted octanol–water partition coefficient (Wildman–Crippen LogP) is 5.72. The van der Waals surface area contributed by atoms with E-state index < -0.39 is 29.5 Å². The van der Waals surface area contributed by atoms with Crippen molar-refractivity contribution in [3.63, 3.8) is 0 Å². The van der Waals surface area contributed by atoms with Gasteiger partial charge in [-0.25, -0.2) is 4.98 Å². The number of hydrogen-bond donors (Lipinski definition) is 3. The minimum absolute atomic E-state index is 0.0369. The number of amides is 2. The van der Waals surface area contributed by atoms with Gasteiger partial charge in [0.2, 0.25) is 0 Å². The molecule has 45 heavy (non-hydrogen) atoms. The number of para-hydroxylation sites is 1. The average molecular weight is 609 g/mol. The lowest BCUT2D eigenvalue weighted by atomic mass is 9.84. The fraction of sp³-hybridized carbons (Fsp3) is 0.378. The van der Waals surface area contributed by atoms with Crippen LogP contribution < -0.4 is 10.6 Å². The number of benzene rings is 2. The summed E-state index contributed by atoms with van der Waals surface area (Å²) in [6, 6.07) is 21.3. The Hall–Kier alpha value is -4.43. The fourth-order valence-corrected chi connectivity index (χ4v) is 5.45. The Bertz CT molecular complexity index is 1610. The summed E-state index contributed by atoms with van der Waals surface area (Å²) in [5.41, 5.74) is 2.60. The summed E-state index contributed by atoms with van der Waals surface area (Å²) in [5.74, 6) is -1.14. The Morgan fingerprint density at radius 3 is 2.31 bits per heavy atom. The summed E-state index contributed by atoms with van der Waals surface area (Å²) in [6.45, 7) is 9.76. The van der Waals surface area contributed by atoms with E-state index in [2.05, 4.69) is 20.6 Å². The van der Waals surface area contributed by atoms with Crippen molar-refractivity contribution in [3.8, 4) is 0 Å². The van der Waals surface area contributed by atoms with E-state index in [-0.39, 0.29) is 36.1 Å². The monoisotopic (exact) mass is 608 g/mol. The van der Waals surface area contributed by atoms with Gasteiger partial charge in [-0.3, -0.25) is 19.4 Å². The lowest BCUT2D eigenvalue weighted by Crippen LogP contribution is -2.43. The minimum atomic E-state index is -0.935. The summed E-state index contributed by atoms with van der Waals surface area (Å²) < 4.78 is 0. The molecule has 0 spiro atoms. The molecule has 0 aliphatic rings. The number of aromatic nitrogens is 2. The van der Waals surface area contributed by atoms with E-state index in [1.807, 2.05) is 89.2 Å². The molecule has 4 aromatic rings. The van der Waals surface area contributed by atoms with E-state index >= 15 is 0 Å². The first-order valence-corrected chi connectivity index (χ1v) is 15.6. The van der Waals surface area contributed by atoms with E-state index in [1.165, 1.54) is 0 Å². The van der Waals surface area contributed by atoms with E-state index in [4.69, 9.17) is 0 Å². The van der Waals surface area contributed by atoms with Crippen LogP contribution in [0.5, 0.6) is 0 Å². The van der Waals surface area contributed by atoms with Crippen LogP contribution in [-0.2, 0) is 17.6 Å². The maximum absolute atomic E-state index is 13.9. The minimum Gasteiger partial charge on any atom is -0.392 e. The first-order valence-electron chi connectivity index (χ1n) is 15.6. The summed E-state index contributed by atoms with van der Waals surface area (Å²) in [6.07, 6.45) is 3.56. The first-order chi connectivity index (χ1) is 21.4. The highest BCUT2D eigenvalue weighted by molar-refractivity contribution is 5.98. The molecule has 3 atom stereocenters. The first kappa shape index (κ1) is 33.5. The third-order valence-electron chi connectivity index (χ3n) is 7.64. The molecule has 0 fully saturated rings. The number of Topliss-reactive ketones (excluding diaryl/α,β-unsaturated/α-hetero) is 1. The molecular formula is C37H44N4O4. The van der Waals surface area contributed by atoms with Gasteiger partial charge in [0.25, 0.3) is 11.8 Å². The van der Waals surface area contributed by atoms with Crippen LogP contribution in [-0.4, -0.2) is 50.4 Å². The van der Waals surface area contributed by atoms with Gasteiger partial charge < -0.3 is 15.7 Å². The smallest absolute Gasteiger partial charge is 0.270 e. The van der Waals surface area contributed by atoms with Crippen molar-refractivity contribution in [2.24, 2.45) is 11.8 Å². The molecule has 0 radical (unpaired) electrons. The van der Waals surface area contributed by atoms with E-state index in [0.717, 1.165) is 10.9 Å². The van der Waals surface area contributed by atoms with Gasteiger partial charge in [0.15, 0.2) is 5.78 Å². The van der Waals surface area contributed by atoms with Gasteiger partial charge >= 0.3 is 0 Å². The molecule has 4 rings (SSSR count). The van der Waals surface area contributed by atoms with Crippen LogP contribution in [0.15, 0.2) is 85.2 Å². The van der Waals surface area contributed by atoms with Crippen LogP contribution in [0.25, 0.3) is 10.9 Å². The Morgan fingerprint density at radius 2 is 1.60 bits per heavy atom. The second-order valence-electron chi connectivity index (χ2n) is 13.2. The molecule has 0 aliphatic carbocycles. The highest BCUT2D eigenvalue weighted by Crippen LogP contribution is 2.24. The van der Waals surface area contributed by atoms with E-state index in [9.17, 15) is 19.5 Å². The Balaban J connectivity index is 1.56. The van der Waals surface area contributed by atoms with E-state index in [0.29, 0.717) is 29.5 Å². The summed E-state index contributed by atoms with van der Waals surface area (Å²) in [7, 11) is 0. The highest BCUT2D eigenvalue weighted by Gasteiger charge is 2.30. The van der Waals surface area contributed by atoms with Crippen molar-refractivity contribution < 1.29 is 19.5 Å². The third kappa shape index (κ3) is 9.78. The van der Waals surface area contributed by atoms with Crippen LogP contribution >= 0.6 is 0 Å². The number of carbonyl (C=O) groups excluding carboxylic acids is 3. The topological polar surface area (TPSA) is 121 Å². The fourth-order valence-electron chi connectivity index (χ4n) is 5.45. The molecule has 2 amide bonds. The predicted molar refractivity (Wildman–Crippen MR) is 177 cm³/mol. The second-order valence-corrected chi connectivity index (χ2v) is 13.2. The SMILES string of the molecule is CC(C)C[C@H](NC(=O)c1ccc2ccccc2n1)C(=O)C[C@H](Cc1cccnc1)[C@H](O)Cc1ccccc1C(=O)NC(C)(C)C. The standard InChI is InChI=1S/C37H44N4O4/c1-24(2)19-32(40-36(45)31-17-16-26-12-7-9-15-30(26)39-31)34(43)22-28(20-25-11-10-18-38-23-25)33(42)21-27-13-6-8-14-29(27)35(44)41-37(3,4)5/h6-18,23-24,28,32-33,42H,19-22H2,1-5H3,(H,40,45)(H,41,44)/t28-,32-,33+/m0/s1. The number of aliphatic hydroxyl groups excluding tert-OH is 1. The molecule has 2 aromatic heterocycles. The van der Waals surface area contributed by atoms with Gasteiger partial charge in [-0.05, 0) is 87.3 Å². The van der Waals surface area contributed by atoms with Crippen molar-refractivity contribution in [3.05, 3.63) is 108 Å².